The lowest BCUT2D eigenvalue weighted by atomic mass is 9.99. The number of thiazole rings is 1. The van der Waals surface area contributed by atoms with Gasteiger partial charge in [0, 0.05) is 29.8 Å². The molecule has 1 heterocycles. The van der Waals surface area contributed by atoms with E-state index in [4.69, 9.17) is 0 Å². The molecule has 0 spiro atoms. The average molecular weight is 372 g/mol. The molecule has 0 atom stereocenters. The first-order valence-corrected chi connectivity index (χ1v) is 9.93. The smallest absolute Gasteiger partial charge is 0.226 e. The molecule has 6 heteroatoms. The van der Waals surface area contributed by atoms with Crippen LogP contribution in [0.1, 0.15) is 42.4 Å². The van der Waals surface area contributed by atoms with Crippen molar-refractivity contribution in [2.24, 2.45) is 5.92 Å². The van der Waals surface area contributed by atoms with Gasteiger partial charge in [-0.05, 0) is 62.8 Å². The maximum absolute atomic E-state index is 12.1. The van der Waals surface area contributed by atoms with Crippen LogP contribution in [0.4, 0.5) is 5.13 Å². The van der Waals surface area contributed by atoms with Gasteiger partial charge in [0.2, 0.25) is 11.8 Å². The van der Waals surface area contributed by atoms with Crippen LogP contribution in [-0.2, 0) is 9.59 Å². The highest BCUT2D eigenvalue weighted by molar-refractivity contribution is 7.14. The van der Waals surface area contributed by atoms with Crippen LogP contribution in [0.15, 0.2) is 17.5 Å². The first-order valence-electron chi connectivity index (χ1n) is 9.05. The minimum absolute atomic E-state index is 0.0663. The molecule has 2 amide bonds. The van der Waals surface area contributed by atoms with Gasteiger partial charge in [-0.3, -0.25) is 9.59 Å². The van der Waals surface area contributed by atoms with Crippen LogP contribution in [0.2, 0.25) is 0 Å². The summed E-state index contributed by atoms with van der Waals surface area (Å²) >= 11 is 1.43. The van der Waals surface area contributed by atoms with Crippen molar-refractivity contribution in [1.29, 1.82) is 0 Å². The molecule has 1 fully saturated rings. The van der Waals surface area contributed by atoms with Crippen molar-refractivity contribution in [2.75, 3.05) is 11.9 Å². The van der Waals surface area contributed by atoms with Crippen molar-refractivity contribution in [2.45, 2.75) is 46.5 Å². The van der Waals surface area contributed by atoms with E-state index in [0.717, 1.165) is 24.1 Å². The number of aromatic nitrogens is 1. The highest BCUT2D eigenvalue weighted by atomic mass is 32.1. The number of amides is 2. The van der Waals surface area contributed by atoms with Crippen molar-refractivity contribution in [3.63, 3.8) is 0 Å². The van der Waals surface area contributed by atoms with Crippen molar-refractivity contribution in [3.05, 3.63) is 34.2 Å². The number of nitrogens with one attached hydrogen (secondary N) is 2. The fraction of sp³-hybridized carbons (Fsp3) is 0.450. The molecule has 1 saturated carbocycles. The van der Waals surface area contributed by atoms with Crippen LogP contribution in [0.3, 0.4) is 0 Å². The van der Waals surface area contributed by atoms with E-state index in [1.807, 2.05) is 5.38 Å². The number of benzene rings is 1. The molecule has 2 aromatic rings. The van der Waals surface area contributed by atoms with E-state index in [-0.39, 0.29) is 17.7 Å². The predicted octanol–water partition coefficient (Wildman–Crippen LogP) is 3.98. The zero-order valence-corrected chi connectivity index (χ0v) is 16.3. The molecule has 5 nitrogen and oxygen atoms in total. The molecule has 0 aliphatic heterocycles. The number of nitrogens with zero attached hydrogens (tertiary/aromatic N) is 1. The van der Waals surface area contributed by atoms with Gasteiger partial charge in [0.05, 0.1) is 5.69 Å². The SMILES string of the molecule is Cc1cc(C)c(-c2csc(NC(=O)CCCNC(=O)C3CC3)n2)cc1C. The maximum atomic E-state index is 12.1. The third-order valence-electron chi connectivity index (χ3n) is 4.70. The van der Waals surface area contributed by atoms with Gasteiger partial charge in [-0.15, -0.1) is 11.3 Å². The second-order valence-electron chi connectivity index (χ2n) is 7.01. The second kappa shape index (κ2) is 7.99. The molecule has 3 rings (SSSR count). The standard InChI is InChI=1S/C20H25N3O2S/c1-12-9-14(3)16(10-13(12)2)17-11-26-20(22-17)23-18(24)5-4-8-21-19(25)15-6-7-15/h9-11,15H,4-8H2,1-3H3,(H,21,25)(H,22,23,24). The lowest BCUT2D eigenvalue weighted by Crippen LogP contribution is -2.26. The van der Waals surface area contributed by atoms with Gasteiger partial charge < -0.3 is 10.6 Å². The van der Waals surface area contributed by atoms with Crippen LogP contribution in [0.25, 0.3) is 11.3 Å². The van der Waals surface area contributed by atoms with Crippen LogP contribution in [0, 0.1) is 26.7 Å². The van der Waals surface area contributed by atoms with Crippen LogP contribution < -0.4 is 10.6 Å². The van der Waals surface area contributed by atoms with Crippen LogP contribution in [0.5, 0.6) is 0 Å². The topological polar surface area (TPSA) is 71.1 Å². The van der Waals surface area contributed by atoms with E-state index in [2.05, 4.69) is 48.5 Å². The summed E-state index contributed by atoms with van der Waals surface area (Å²) in [6, 6.07) is 4.31. The number of aryl methyl sites for hydroxylation is 3. The summed E-state index contributed by atoms with van der Waals surface area (Å²) < 4.78 is 0. The highest BCUT2D eigenvalue weighted by Gasteiger charge is 2.28. The summed E-state index contributed by atoms with van der Waals surface area (Å²) in [6.45, 7) is 6.82. The number of hydrogen-bond donors (Lipinski definition) is 2. The zero-order valence-electron chi connectivity index (χ0n) is 15.5. The molecule has 138 valence electrons. The van der Waals surface area contributed by atoms with Crippen molar-refractivity contribution in [1.82, 2.24) is 10.3 Å². The van der Waals surface area contributed by atoms with E-state index in [1.165, 1.54) is 28.0 Å². The highest BCUT2D eigenvalue weighted by Crippen LogP contribution is 2.30. The number of carbonyl (C=O) groups is 2. The Balaban J connectivity index is 1.50. The molecule has 0 bridgehead atoms. The van der Waals surface area contributed by atoms with Gasteiger partial charge in [0.1, 0.15) is 0 Å². The van der Waals surface area contributed by atoms with E-state index in [9.17, 15) is 9.59 Å². The van der Waals surface area contributed by atoms with Crippen molar-refractivity contribution < 1.29 is 9.59 Å². The van der Waals surface area contributed by atoms with Crippen molar-refractivity contribution in [3.8, 4) is 11.3 Å². The molecule has 1 aromatic heterocycles. The molecule has 1 aromatic carbocycles. The Labute approximate surface area is 158 Å². The maximum Gasteiger partial charge on any atom is 0.226 e. The van der Waals surface area contributed by atoms with E-state index < -0.39 is 0 Å². The molecule has 2 N–H and O–H groups in total. The first-order chi connectivity index (χ1) is 12.4. The Bertz CT molecular complexity index is 824. The molecule has 1 aliphatic carbocycles. The number of carbonyl (C=O) groups excluding carboxylic acids is 2. The average Bonchev–Trinajstić information content (AvgIpc) is 3.35. The second-order valence-corrected chi connectivity index (χ2v) is 7.86. The Morgan fingerprint density at radius 2 is 1.88 bits per heavy atom. The fourth-order valence-corrected chi connectivity index (χ4v) is 3.55. The minimum Gasteiger partial charge on any atom is -0.356 e. The van der Waals surface area contributed by atoms with Gasteiger partial charge in [-0.2, -0.15) is 0 Å². The largest absolute Gasteiger partial charge is 0.356 e. The summed E-state index contributed by atoms with van der Waals surface area (Å²) in [5.74, 6) is 0.272. The number of anilines is 1. The molecule has 0 unspecified atom stereocenters. The van der Waals surface area contributed by atoms with Gasteiger partial charge in [0.25, 0.3) is 0 Å². The lowest BCUT2D eigenvalue weighted by molar-refractivity contribution is -0.122. The molecular weight excluding hydrogens is 346 g/mol. The summed E-state index contributed by atoms with van der Waals surface area (Å²) in [4.78, 5) is 28.1. The molecule has 0 radical (unpaired) electrons. The predicted molar refractivity (Wildman–Crippen MR) is 105 cm³/mol. The summed E-state index contributed by atoms with van der Waals surface area (Å²) in [5, 5.41) is 8.32. The Kier molecular flexibility index (Phi) is 5.71. The fourth-order valence-electron chi connectivity index (χ4n) is 2.82. The van der Waals surface area contributed by atoms with E-state index in [0.29, 0.717) is 24.5 Å². The Hall–Kier alpha value is -2.21. The minimum atomic E-state index is -0.0663. The van der Waals surface area contributed by atoms with Crippen molar-refractivity contribution >= 4 is 28.3 Å². The summed E-state index contributed by atoms with van der Waals surface area (Å²) in [5.41, 5.74) is 5.68. The first kappa shape index (κ1) is 18.6. The summed E-state index contributed by atoms with van der Waals surface area (Å²) in [6.07, 6.45) is 3.01. The lowest BCUT2D eigenvalue weighted by Gasteiger charge is -2.07. The van der Waals surface area contributed by atoms with Crippen LogP contribution >= 0.6 is 11.3 Å². The Morgan fingerprint density at radius 1 is 1.15 bits per heavy atom. The molecular formula is C20H25N3O2S. The van der Waals surface area contributed by atoms with Gasteiger partial charge in [0.15, 0.2) is 5.13 Å². The summed E-state index contributed by atoms with van der Waals surface area (Å²) in [7, 11) is 0. The molecule has 26 heavy (non-hydrogen) atoms. The van der Waals surface area contributed by atoms with E-state index >= 15 is 0 Å². The normalized spacial score (nSPS) is 13.5. The zero-order chi connectivity index (χ0) is 18.7. The third-order valence-corrected chi connectivity index (χ3v) is 5.45. The van der Waals surface area contributed by atoms with Gasteiger partial charge in [-0.1, -0.05) is 6.07 Å². The quantitative estimate of drug-likeness (QED) is 0.723. The Morgan fingerprint density at radius 3 is 2.62 bits per heavy atom. The van der Waals surface area contributed by atoms with E-state index in [1.54, 1.807) is 0 Å². The third kappa shape index (κ3) is 4.69. The monoisotopic (exact) mass is 371 g/mol. The molecule has 1 aliphatic rings. The molecule has 0 saturated heterocycles. The van der Waals surface area contributed by atoms with Crippen LogP contribution in [-0.4, -0.2) is 23.3 Å². The van der Waals surface area contributed by atoms with Gasteiger partial charge >= 0.3 is 0 Å². The number of rotatable bonds is 7. The number of hydrogen-bond acceptors (Lipinski definition) is 4. The van der Waals surface area contributed by atoms with Gasteiger partial charge in [-0.25, -0.2) is 4.98 Å².